The molecule has 31 heavy (non-hydrogen) atoms. The van der Waals surface area contributed by atoms with Crippen LogP contribution in [0, 0.1) is 0 Å². The van der Waals surface area contributed by atoms with E-state index in [-0.39, 0.29) is 33.6 Å². The maximum Gasteiger partial charge on any atom is 0.253 e. The number of aromatic nitrogens is 2. The Morgan fingerprint density at radius 3 is 2.68 bits per heavy atom. The molecule has 0 saturated carbocycles. The van der Waals surface area contributed by atoms with Crippen molar-refractivity contribution in [1.82, 2.24) is 19.4 Å². The molecule has 1 aromatic carbocycles. The zero-order valence-electron chi connectivity index (χ0n) is 15.9. The highest BCUT2D eigenvalue weighted by atomic mass is 35.5. The number of hydrogen-bond acceptors (Lipinski definition) is 5. The molecule has 4 rings (SSSR count). The largest absolute Gasteiger partial charge is 0.468 e. The van der Waals surface area contributed by atoms with E-state index in [4.69, 9.17) is 27.6 Å². The molecule has 0 unspecified atom stereocenters. The number of nitrogens with zero attached hydrogens (tertiary/aromatic N) is 2. The number of fused-ring (bicyclic) bond motifs is 1. The molecule has 4 aromatic rings. The van der Waals surface area contributed by atoms with Gasteiger partial charge in [0, 0.05) is 12.4 Å². The highest BCUT2D eigenvalue weighted by Gasteiger charge is 2.23. The van der Waals surface area contributed by atoms with Crippen LogP contribution in [0.5, 0.6) is 0 Å². The topological polar surface area (TPSA) is 106 Å². The summed E-state index contributed by atoms with van der Waals surface area (Å²) in [6.07, 6.45) is 5.06. The van der Waals surface area contributed by atoms with Crippen molar-refractivity contribution in [2.45, 2.75) is 18.0 Å². The van der Waals surface area contributed by atoms with E-state index in [1.807, 2.05) is 28.8 Å². The Balaban J connectivity index is 1.52. The summed E-state index contributed by atoms with van der Waals surface area (Å²) < 4.78 is 34.7. The van der Waals surface area contributed by atoms with Gasteiger partial charge in [0.15, 0.2) is 0 Å². The summed E-state index contributed by atoms with van der Waals surface area (Å²) in [6.45, 7) is 0.0714. The van der Waals surface area contributed by atoms with Crippen molar-refractivity contribution in [2.24, 2.45) is 0 Å². The van der Waals surface area contributed by atoms with Crippen LogP contribution in [0.2, 0.25) is 10.0 Å². The molecule has 1 amide bonds. The molecule has 3 aromatic heterocycles. The van der Waals surface area contributed by atoms with Crippen LogP contribution in [0.3, 0.4) is 0 Å². The van der Waals surface area contributed by atoms with Crippen molar-refractivity contribution < 1.29 is 17.6 Å². The van der Waals surface area contributed by atoms with Crippen LogP contribution in [-0.2, 0) is 23.1 Å². The van der Waals surface area contributed by atoms with Crippen molar-refractivity contribution in [3.8, 4) is 0 Å². The molecule has 0 aliphatic heterocycles. The number of carbonyl (C=O) groups is 1. The maximum atomic E-state index is 12.7. The molecule has 0 atom stereocenters. The van der Waals surface area contributed by atoms with Gasteiger partial charge in [-0.05, 0) is 36.4 Å². The van der Waals surface area contributed by atoms with E-state index < -0.39 is 15.9 Å². The second-order valence-electron chi connectivity index (χ2n) is 6.55. The number of imidazole rings is 1. The Labute approximate surface area is 187 Å². The number of sulfonamides is 1. The first kappa shape index (κ1) is 21.4. The van der Waals surface area contributed by atoms with Crippen molar-refractivity contribution >= 4 is 44.8 Å². The zero-order valence-corrected chi connectivity index (χ0v) is 18.2. The standard InChI is InChI=1S/C20H16Cl2N4O4S/c21-16-9-17(22)18(31(28,29)24-11-14-4-3-7-30-14)8-15(16)20(27)23-10-13-12-26-6-2-1-5-19(26)25-13/h1-9,12,24H,10-11H2,(H,23,27). The summed E-state index contributed by atoms with van der Waals surface area (Å²) >= 11 is 12.3. The van der Waals surface area contributed by atoms with Gasteiger partial charge in [-0.2, -0.15) is 0 Å². The van der Waals surface area contributed by atoms with E-state index in [1.165, 1.54) is 12.3 Å². The molecular weight excluding hydrogens is 463 g/mol. The fourth-order valence-electron chi connectivity index (χ4n) is 2.90. The number of hydrogen-bond donors (Lipinski definition) is 2. The highest BCUT2D eigenvalue weighted by molar-refractivity contribution is 7.89. The molecule has 160 valence electrons. The van der Waals surface area contributed by atoms with Crippen molar-refractivity contribution in [3.63, 3.8) is 0 Å². The van der Waals surface area contributed by atoms with E-state index in [1.54, 1.807) is 18.3 Å². The Kier molecular flexibility index (Phi) is 6.01. The predicted molar refractivity (Wildman–Crippen MR) is 116 cm³/mol. The lowest BCUT2D eigenvalue weighted by Crippen LogP contribution is -2.26. The molecule has 0 bridgehead atoms. The van der Waals surface area contributed by atoms with E-state index in [0.717, 1.165) is 11.7 Å². The van der Waals surface area contributed by atoms with Crippen LogP contribution in [0.25, 0.3) is 5.65 Å². The molecule has 0 aliphatic rings. The number of furan rings is 1. The minimum absolute atomic E-state index is 0.0202. The second kappa shape index (κ2) is 8.72. The summed E-state index contributed by atoms with van der Waals surface area (Å²) in [7, 11) is -4.02. The van der Waals surface area contributed by atoms with Gasteiger partial charge < -0.3 is 14.1 Å². The monoisotopic (exact) mass is 478 g/mol. The molecule has 0 fully saturated rings. The van der Waals surface area contributed by atoms with Crippen LogP contribution in [0.1, 0.15) is 21.8 Å². The zero-order chi connectivity index (χ0) is 22.0. The fraction of sp³-hybridized carbons (Fsp3) is 0.100. The van der Waals surface area contributed by atoms with Crippen LogP contribution in [-0.4, -0.2) is 23.7 Å². The number of amides is 1. The number of halogens is 2. The van der Waals surface area contributed by atoms with Crippen molar-refractivity contribution in [3.05, 3.63) is 88.2 Å². The number of pyridine rings is 1. The number of nitrogens with one attached hydrogen (secondary N) is 2. The van der Waals surface area contributed by atoms with Gasteiger partial charge in [-0.1, -0.05) is 29.3 Å². The van der Waals surface area contributed by atoms with Gasteiger partial charge in [-0.25, -0.2) is 18.1 Å². The van der Waals surface area contributed by atoms with Gasteiger partial charge in [-0.3, -0.25) is 4.79 Å². The average molecular weight is 479 g/mol. The smallest absolute Gasteiger partial charge is 0.253 e. The summed E-state index contributed by atoms with van der Waals surface area (Å²) in [4.78, 5) is 16.8. The molecule has 0 saturated heterocycles. The first-order valence-electron chi connectivity index (χ1n) is 9.05. The highest BCUT2D eigenvalue weighted by Crippen LogP contribution is 2.29. The molecular formula is C20H16Cl2N4O4S. The SMILES string of the molecule is O=C(NCc1cn2ccccc2n1)c1cc(S(=O)(=O)NCc2ccco2)c(Cl)cc1Cl. The van der Waals surface area contributed by atoms with Crippen LogP contribution >= 0.6 is 23.2 Å². The van der Waals surface area contributed by atoms with Gasteiger partial charge in [0.05, 0.1) is 40.7 Å². The lowest BCUT2D eigenvalue weighted by molar-refractivity contribution is 0.0950. The third-order valence-corrected chi connectivity index (χ3v) is 6.59. The number of carbonyl (C=O) groups excluding carboxylic acids is 1. The van der Waals surface area contributed by atoms with E-state index >= 15 is 0 Å². The van der Waals surface area contributed by atoms with Crippen LogP contribution < -0.4 is 10.0 Å². The summed E-state index contributed by atoms with van der Waals surface area (Å²) in [5.74, 6) is -0.125. The van der Waals surface area contributed by atoms with Crippen LogP contribution in [0.15, 0.2) is 70.4 Å². The quantitative estimate of drug-likeness (QED) is 0.421. The van der Waals surface area contributed by atoms with Gasteiger partial charge in [0.25, 0.3) is 5.91 Å². The van der Waals surface area contributed by atoms with E-state index in [0.29, 0.717) is 11.5 Å². The summed E-state index contributed by atoms with van der Waals surface area (Å²) in [6, 6.07) is 11.2. The predicted octanol–water partition coefficient (Wildman–Crippen LogP) is 3.64. The lowest BCUT2D eigenvalue weighted by atomic mass is 10.2. The molecule has 0 aliphatic carbocycles. The van der Waals surface area contributed by atoms with E-state index in [2.05, 4.69) is 15.0 Å². The van der Waals surface area contributed by atoms with Crippen molar-refractivity contribution in [2.75, 3.05) is 0 Å². The second-order valence-corrected chi connectivity index (χ2v) is 9.10. The average Bonchev–Trinajstić information content (AvgIpc) is 3.39. The molecule has 8 nitrogen and oxygen atoms in total. The lowest BCUT2D eigenvalue weighted by Gasteiger charge is -2.11. The fourth-order valence-corrected chi connectivity index (χ4v) is 4.75. The Hall–Kier alpha value is -2.85. The number of benzene rings is 1. The van der Waals surface area contributed by atoms with Gasteiger partial charge in [-0.15, -0.1) is 0 Å². The van der Waals surface area contributed by atoms with Gasteiger partial charge >= 0.3 is 0 Å². The minimum atomic E-state index is -4.02. The Bertz CT molecular complexity index is 1320. The molecule has 11 heteroatoms. The molecule has 0 radical (unpaired) electrons. The van der Waals surface area contributed by atoms with E-state index in [9.17, 15) is 13.2 Å². The van der Waals surface area contributed by atoms with Gasteiger partial charge in [0.2, 0.25) is 10.0 Å². The maximum absolute atomic E-state index is 12.7. The Morgan fingerprint density at radius 2 is 1.94 bits per heavy atom. The number of rotatable bonds is 7. The molecule has 3 heterocycles. The van der Waals surface area contributed by atoms with Gasteiger partial charge in [0.1, 0.15) is 16.3 Å². The Morgan fingerprint density at radius 1 is 1.10 bits per heavy atom. The molecule has 0 spiro atoms. The first-order chi connectivity index (χ1) is 14.8. The first-order valence-corrected chi connectivity index (χ1v) is 11.3. The third kappa shape index (κ3) is 4.75. The minimum Gasteiger partial charge on any atom is -0.468 e. The molecule has 2 N–H and O–H groups in total. The van der Waals surface area contributed by atoms with Crippen molar-refractivity contribution in [1.29, 1.82) is 0 Å². The summed E-state index contributed by atoms with van der Waals surface area (Å²) in [5.41, 5.74) is 1.36. The third-order valence-electron chi connectivity index (χ3n) is 4.42. The van der Waals surface area contributed by atoms with Crippen LogP contribution in [0.4, 0.5) is 0 Å². The summed E-state index contributed by atoms with van der Waals surface area (Å²) in [5, 5.41) is 2.62. The normalized spacial score (nSPS) is 11.7.